The molecule has 30 heavy (non-hydrogen) atoms. The number of sulfonamides is 1. The van der Waals surface area contributed by atoms with E-state index in [0.29, 0.717) is 22.1 Å². The number of nitrogens with zero attached hydrogens (tertiary/aromatic N) is 1. The quantitative estimate of drug-likeness (QED) is 0.596. The molecule has 3 rings (SSSR count). The van der Waals surface area contributed by atoms with E-state index in [4.69, 9.17) is 16.3 Å². The Hall–Kier alpha value is -3.03. The number of carbonyl (C=O) groups excluding carboxylic acids is 1. The van der Waals surface area contributed by atoms with Gasteiger partial charge in [-0.3, -0.25) is 9.10 Å². The zero-order valence-corrected chi connectivity index (χ0v) is 18.3. The van der Waals surface area contributed by atoms with Crippen LogP contribution in [0.2, 0.25) is 5.02 Å². The van der Waals surface area contributed by atoms with Gasteiger partial charge in [-0.2, -0.15) is 0 Å². The fourth-order valence-corrected chi connectivity index (χ4v) is 4.24. The van der Waals surface area contributed by atoms with Gasteiger partial charge in [0, 0.05) is 23.3 Å². The Morgan fingerprint density at radius 3 is 2.37 bits per heavy atom. The van der Waals surface area contributed by atoms with Gasteiger partial charge in [0.1, 0.15) is 5.75 Å². The number of amides is 1. The molecule has 0 aromatic heterocycles. The molecule has 0 saturated heterocycles. The Morgan fingerprint density at radius 2 is 1.70 bits per heavy atom. The summed E-state index contributed by atoms with van der Waals surface area (Å²) in [7, 11) is -0.868. The molecule has 0 radical (unpaired) electrons. The number of methoxy groups -OCH3 is 1. The van der Waals surface area contributed by atoms with E-state index >= 15 is 0 Å². The molecule has 3 aromatic rings. The highest BCUT2D eigenvalue weighted by atomic mass is 35.5. The van der Waals surface area contributed by atoms with E-state index in [-0.39, 0.29) is 10.5 Å². The molecule has 0 aliphatic carbocycles. The molecule has 0 aliphatic heterocycles. The van der Waals surface area contributed by atoms with Gasteiger partial charge in [-0.1, -0.05) is 23.7 Å². The lowest BCUT2D eigenvalue weighted by Gasteiger charge is -2.20. The van der Waals surface area contributed by atoms with Gasteiger partial charge in [-0.05, 0) is 67.1 Å². The van der Waals surface area contributed by atoms with Crippen LogP contribution in [0.5, 0.6) is 5.75 Å². The Balaban J connectivity index is 1.87. The van der Waals surface area contributed by atoms with Crippen molar-refractivity contribution in [3.05, 3.63) is 82.9 Å². The molecule has 0 fully saturated rings. The molecule has 0 unspecified atom stereocenters. The fraction of sp³-hybridized carbons (Fsp3) is 0.136. The van der Waals surface area contributed by atoms with Crippen molar-refractivity contribution in [1.82, 2.24) is 0 Å². The minimum atomic E-state index is -3.86. The summed E-state index contributed by atoms with van der Waals surface area (Å²) in [6.07, 6.45) is 0. The third-order valence-electron chi connectivity index (χ3n) is 4.71. The number of benzene rings is 3. The van der Waals surface area contributed by atoms with Gasteiger partial charge in [0.05, 0.1) is 17.7 Å². The number of carbonyl (C=O) groups is 1. The second-order valence-electron chi connectivity index (χ2n) is 6.56. The van der Waals surface area contributed by atoms with Crippen molar-refractivity contribution in [2.24, 2.45) is 0 Å². The predicted molar refractivity (Wildman–Crippen MR) is 119 cm³/mol. The molecule has 8 heteroatoms. The van der Waals surface area contributed by atoms with E-state index in [1.807, 2.05) is 0 Å². The molecule has 156 valence electrons. The summed E-state index contributed by atoms with van der Waals surface area (Å²) in [5.74, 6) is 0.198. The number of rotatable bonds is 6. The van der Waals surface area contributed by atoms with E-state index in [1.54, 1.807) is 55.5 Å². The van der Waals surface area contributed by atoms with Crippen molar-refractivity contribution in [3.8, 4) is 5.75 Å². The standard InChI is InChI=1S/C22H21ClN2O4S/c1-15-20(23)8-5-9-21(15)24-22(26)16-6-4-7-19(14-16)30(27,28)25(2)17-10-12-18(29-3)13-11-17/h4-14H,1-3H3,(H,24,26). The van der Waals surface area contributed by atoms with Crippen molar-refractivity contribution < 1.29 is 17.9 Å². The van der Waals surface area contributed by atoms with E-state index in [0.717, 1.165) is 9.87 Å². The summed E-state index contributed by atoms with van der Waals surface area (Å²) in [4.78, 5) is 12.7. The number of anilines is 2. The van der Waals surface area contributed by atoms with Gasteiger partial charge in [0.15, 0.2) is 0 Å². The topological polar surface area (TPSA) is 75.7 Å². The fourth-order valence-electron chi connectivity index (χ4n) is 2.82. The van der Waals surface area contributed by atoms with Crippen LogP contribution >= 0.6 is 11.6 Å². The van der Waals surface area contributed by atoms with Crippen LogP contribution < -0.4 is 14.4 Å². The van der Waals surface area contributed by atoms with Crippen molar-refractivity contribution in [1.29, 1.82) is 0 Å². The van der Waals surface area contributed by atoms with Gasteiger partial charge < -0.3 is 10.1 Å². The Labute approximate surface area is 181 Å². The van der Waals surface area contributed by atoms with Crippen LogP contribution in [0.3, 0.4) is 0 Å². The summed E-state index contributed by atoms with van der Waals surface area (Å²) in [5, 5.41) is 3.31. The highest BCUT2D eigenvalue weighted by Crippen LogP contribution is 2.26. The van der Waals surface area contributed by atoms with E-state index in [2.05, 4.69) is 5.32 Å². The SMILES string of the molecule is COc1ccc(N(C)S(=O)(=O)c2cccc(C(=O)Nc3cccc(Cl)c3C)c2)cc1. The number of hydrogen-bond donors (Lipinski definition) is 1. The molecular weight excluding hydrogens is 424 g/mol. The number of ether oxygens (including phenoxy) is 1. The van der Waals surface area contributed by atoms with Crippen LogP contribution in [0.15, 0.2) is 71.6 Å². The molecule has 1 amide bonds. The maximum absolute atomic E-state index is 13.1. The summed E-state index contributed by atoms with van der Waals surface area (Å²) in [6.45, 7) is 1.79. The average molecular weight is 445 g/mol. The second kappa shape index (κ2) is 8.77. The average Bonchev–Trinajstić information content (AvgIpc) is 2.76. The zero-order chi connectivity index (χ0) is 21.9. The van der Waals surface area contributed by atoms with Crippen LogP contribution in [0.25, 0.3) is 0 Å². The van der Waals surface area contributed by atoms with Gasteiger partial charge in [-0.15, -0.1) is 0 Å². The molecule has 0 spiro atoms. The zero-order valence-electron chi connectivity index (χ0n) is 16.7. The molecule has 0 heterocycles. The molecule has 0 bridgehead atoms. The van der Waals surface area contributed by atoms with E-state index in [9.17, 15) is 13.2 Å². The largest absolute Gasteiger partial charge is 0.497 e. The Morgan fingerprint density at radius 1 is 1.03 bits per heavy atom. The minimum Gasteiger partial charge on any atom is -0.497 e. The molecule has 0 aliphatic rings. The van der Waals surface area contributed by atoms with E-state index < -0.39 is 15.9 Å². The normalized spacial score (nSPS) is 11.1. The highest BCUT2D eigenvalue weighted by molar-refractivity contribution is 7.92. The summed E-state index contributed by atoms with van der Waals surface area (Å²) < 4.78 is 32.4. The van der Waals surface area contributed by atoms with Crippen LogP contribution in [-0.2, 0) is 10.0 Å². The highest BCUT2D eigenvalue weighted by Gasteiger charge is 2.22. The van der Waals surface area contributed by atoms with Crippen LogP contribution in [0.1, 0.15) is 15.9 Å². The first kappa shape index (κ1) is 21.7. The van der Waals surface area contributed by atoms with Crippen molar-refractivity contribution in [3.63, 3.8) is 0 Å². The predicted octanol–water partition coefficient (Wildman–Crippen LogP) is 4.73. The maximum Gasteiger partial charge on any atom is 0.264 e. The van der Waals surface area contributed by atoms with Crippen LogP contribution in [0, 0.1) is 6.92 Å². The summed E-state index contributed by atoms with van der Waals surface area (Å²) in [6, 6.07) is 17.7. The van der Waals surface area contributed by atoms with Crippen LogP contribution in [-0.4, -0.2) is 28.5 Å². The van der Waals surface area contributed by atoms with Gasteiger partial charge in [0.2, 0.25) is 0 Å². The first-order valence-corrected chi connectivity index (χ1v) is 10.9. The number of hydrogen-bond acceptors (Lipinski definition) is 4. The van der Waals surface area contributed by atoms with Gasteiger partial charge in [0.25, 0.3) is 15.9 Å². The first-order chi connectivity index (χ1) is 14.2. The second-order valence-corrected chi connectivity index (χ2v) is 8.94. The number of nitrogens with one attached hydrogen (secondary N) is 1. The summed E-state index contributed by atoms with van der Waals surface area (Å²) in [5.41, 5.74) is 1.99. The van der Waals surface area contributed by atoms with Crippen molar-refractivity contribution in [2.45, 2.75) is 11.8 Å². The van der Waals surface area contributed by atoms with Crippen molar-refractivity contribution in [2.75, 3.05) is 23.8 Å². The molecule has 3 aromatic carbocycles. The molecule has 6 nitrogen and oxygen atoms in total. The minimum absolute atomic E-state index is 0.0104. The monoisotopic (exact) mass is 444 g/mol. The molecule has 1 N–H and O–H groups in total. The molecular formula is C22H21ClN2O4S. The lowest BCUT2D eigenvalue weighted by Crippen LogP contribution is -2.26. The van der Waals surface area contributed by atoms with E-state index in [1.165, 1.54) is 32.4 Å². The molecule has 0 atom stereocenters. The number of halogens is 1. The third kappa shape index (κ3) is 4.42. The summed E-state index contributed by atoms with van der Waals surface area (Å²) >= 11 is 6.10. The lowest BCUT2D eigenvalue weighted by atomic mass is 10.1. The third-order valence-corrected chi connectivity index (χ3v) is 6.90. The maximum atomic E-state index is 13.1. The van der Waals surface area contributed by atoms with Crippen molar-refractivity contribution >= 4 is 38.9 Å². The van der Waals surface area contributed by atoms with Gasteiger partial charge >= 0.3 is 0 Å². The Kier molecular flexibility index (Phi) is 6.34. The van der Waals surface area contributed by atoms with Crippen LogP contribution in [0.4, 0.5) is 11.4 Å². The lowest BCUT2D eigenvalue weighted by molar-refractivity contribution is 0.102. The smallest absolute Gasteiger partial charge is 0.264 e. The van der Waals surface area contributed by atoms with Gasteiger partial charge in [-0.25, -0.2) is 8.42 Å². The molecule has 0 saturated carbocycles. The Bertz CT molecular complexity index is 1180. The first-order valence-electron chi connectivity index (χ1n) is 9.03.